The standard InChI is InChI=1S/C10H16FN5O2/c1-2-3-14-10-15-6-7(11)8(16-10)13-4-5-18-9(12)17/h6H,2-5H2,1H3,(H2,12,17)(H2,13,14,15,16). The van der Waals surface area contributed by atoms with Crippen LogP contribution in [0, 0.1) is 5.82 Å². The van der Waals surface area contributed by atoms with Gasteiger partial charge in [0.15, 0.2) is 11.6 Å². The highest BCUT2D eigenvalue weighted by molar-refractivity contribution is 5.64. The molecule has 0 unspecified atom stereocenters. The molecule has 0 spiro atoms. The maximum Gasteiger partial charge on any atom is 0.404 e. The van der Waals surface area contributed by atoms with Gasteiger partial charge in [0.05, 0.1) is 12.7 Å². The second-order valence-electron chi connectivity index (χ2n) is 3.41. The molecule has 0 saturated carbocycles. The van der Waals surface area contributed by atoms with E-state index in [9.17, 15) is 9.18 Å². The molecule has 1 rings (SSSR count). The molecule has 1 aromatic heterocycles. The fourth-order valence-electron chi connectivity index (χ4n) is 1.13. The van der Waals surface area contributed by atoms with Crippen LogP contribution in [0.1, 0.15) is 13.3 Å². The van der Waals surface area contributed by atoms with E-state index < -0.39 is 11.9 Å². The molecule has 0 bridgehead atoms. The molecule has 0 radical (unpaired) electrons. The number of nitrogens with zero attached hydrogens (tertiary/aromatic N) is 2. The fourth-order valence-corrected chi connectivity index (χ4v) is 1.13. The zero-order valence-electron chi connectivity index (χ0n) is 10.1. The van der Waals surface area contributed by atoms with Crippen molar-refractivity contribution in [2.75, 3.05) is 30.3 Å². The van der Waals surface area contributed by atoms with Crippen molar-refractivity contribution < 1.29 is 13.9 Å². The maximum absolute atomic E-state index is 13.3. The first-order valence-electron chi connectivity index (χ1n) is 5.56. The molecule has 0 aromatic carbocycles. The Balaban J connectivity index is 2.49. The fraction of sp³-hybridized carbons (Fsp3) is 0.500. The maximum atomic E-state index is 13.3. The lowest BCUT2D eigenvalue weighted by Crippen LogP contribution is -2.19. The number of nitrogens with one attached hydrogen (secondary N) is 2. The number of nitrogens with two attached hydrogens (primary N) is 1. The molecule has 8 heteroatoms. The van der Waals surface area contributed by atoms with E-state index in [0.717, 1.165) is 12.6 Å². The third-order valence-corrected chi connectivity index (χ3v) is 1.92. The first kappa shape index (κ1) is 13.9. The monoisotopic (exact) mass is 257 g/mol. The number of primary amides is 1. The summed E-state index contributed by atoms with van der Waals surface area (Å²) in [4.78, 5) is 18.0. The molecule has 0 fully saturated rings. The Kier molecular flexibility index (Phi) is 5.62. The number of hydrogen-bond acceptors (Lipinski definition) is 6. The average Bonchev–Trinajstić information content (AvgIpc) is 2.34. The van der Waals surface area contributed by atoms with Gasteiger partial charge in [0, 0.05) is 6.54 Å². The third-order valence-electron chi connectivity index (χ3n) is 1.92. The highest BCUT2D eigenvalue weighted by Gasteiger charge is 2.06. The van der Waals surface area contributed by atoms with Crippen molar-refractivity contribution in [3.63, 3.8) is 0 Å². The average molecular weight is 257 g/mol. The van der Waals surface area contributed by atoms with Crippen LogP contribution in [-0.4, -0.2) is 35.8 Å². The zero-order valence-corrected chi connectivity index (χ0v) is 10.1. The second kappa shape index (κ2) is 7.25. The quantitative estimate of drug-likeness (QED) is 0.628. The van der Waals surface area contributed by atoms with Gasteiger partial charge in [0.1, 0.15) is 6.61 Å². The molecule has 4 N–H and O–H groups in total. The van der Waals surface area contributed by atoms with Crippen LogP contribution in [0.3, 0.4) is 0 Å². The van der Waals surface area contributed by atoms with E-state index >= 15 is 0 Å². The number of halogens is 1. The van der Waals surface area contributed by atoms with Gasteiger partial charge >= 0.3 is 6.09 Å². The lowest BCUT2D eigenvalue weighted by atomic mass is 10.5. The number of carbonyl (C=O) groups is 1. The summed E-state index contributed by atoms with van der Waals surface area (Å²) in [5.41, 5.74) is 4.78. The first-order chi connectivity index (χ1) is 8.63. The van der Waals surface area contributed by atoms with Gasteiger partial charge in [-0.3, -0.25) is 0 Å². The SMILES string of the molecule is CCCNc1ncc(F)c(NCCOC(N)=O)n1. The molecule has 0 aliphatic carbocycles. The number of carbonyl (C=O) groups excluding carboxylic acids is 1. The molecular weight excluding hydrogens is 241 g/mol. The van der Waals surface area contributed by atoms with Crippen molar-refractivity contribution in [3.8, 4) is 0 Å². The highest BCUT2D eigenvalue weighted by atomic mass is 19.1. The van der Waals surface area contributed by atoms with Gasteiger partial charge in [-0.25, -0.2) is 14.2 Å². The van der Waals surface area contributed by atoms with Crippen LogP contribution >= 0.6 is 0 Å². The molecule has 18 heavy (non-hydrogen) atoms. The van der Waals surface area contributed by atoms with E-state index in [1.165, 1.54) is 0 Å². The van der Waals surface area contributed by atoms with Gasteiger partial charge in [-0.1, -0.05) is 6.92 Å². The van der Waals surface area contributed by atoms with E-state index in [0.29, 0.717) is 12.5 Å². The summed E-state index contributed by atoms with van der Waals surface area (Å²) in [6.45, 7) is 2.95. The van der Waals surface area contributed by atoms with Gasteiger partial charge in [0.25, 0.3) is 0 Å². The predicted octanol–water partition coefficient (Wildman–Crippen LogP) is 0.945. The third kappa shape index (κ3) is 4.81. The number of rotatable bonds is 7. The van der Waals surface area contributed by atoms with Crippen LogP contribution in [0.15, 0.2) is 6.20 Å². The number of ether oxygens (including phenoxy) is 1. The molecule has 0 aliphatic rings. The van der Waals surface area contributed by atoms with E-state index in [4.69, 9.17) is 5.73 Å². The smallest absolute Gasteiger partial charge is 0.404 e. The summed E-state index contributed by atoms with van der Waals surface area (Å²) in [6, 6.07) is 0. The predicted molar refractivity (Wildman–Crippen MR) is 64.8 cm³/mol. The lowest BCUT2D eigenvalue weighted by molar-refractivity contribution is 0.161. The van der Waals surface area contributed by atoms with Crippen molar-refractivity contribution in [2.24, 2.45) is 5.73 Å². The normalized spacial score (nSPS) is 9.89. The zero-order chi connectivity index (χ0) is 13.4. The Hall–Kier alpha value is -2.12. The Morgan fingerprint density at radius 3 is 2.94 bits per heavy atom. The Bertz CT molecular complexity index is 402. The van der Waals surface area contributed by atoms with Crippen LogP contribution in [0.2, 0.25) is 0 Å². The summed E-state index contributed by atoms with van der Waals surface area (Å²) in [5.74, 6) is -0.177. The number of hydrogen-bond donors (Lipinski definition) is 3. The molecule has 100 valence electrons. The van der Waals surface area contributed by atoms with Crippen LogP contribution in [0.4, 0.5) is 21.0 Å². The van der Waals surface area contributed by atoms with Crippen molar-refractivity contribution >= 4 is 17.9 Å². The second-order valence-corrected chi connectivity index (χ2v) is 3.41. The highest BCUT2D eigenvalue weighted by Crippen LogP contribution is 2.11. The number of amides is 1. The first-order valence-corrected chi connectivity index (χ1v) is 5.56. The summed E-state index contributed by atoms with van der Waals surface area (Å²) in [6.07, 6.45) is 1.11. The van der Waals surface area contributed by atoms with Crippen molar-refractivity contribution in [3.05, 3.63) is 12.0 Å². The molecule has 7 nitrogen and oxygen atoms in total. The van der Waals surface area contributed by atoms with E-state index in [1.807, 2.05) is 6.92 Å². The van der Waals surface area contributed by atoms with Crippen LogP contribution in [-0.2, 0) is 4.74 Å². The largest absolute Gasteiger partial charge is 0.448 e. The van der Waals surface area contributed by atoms with E-state index in [1.54, 1.807) is 0 Å². The van der Waals surface area contributed by atoms with Gasteiger partial charge < -0.3 is 21.1 Å². The van der Waals surface area contributed by atoms with Crippen LogP contribution < -0.4 is 16.4 Å². The molecule has 1 aromatic rings. The lowest BCUT2D eigenvalue weighted by Gasteiger charge is -2.08. The number of anilines is 2. The van der Waals surface area contributed by atoms with Gasteiger partial charge in [0.2, 0.25) is 5.95 Å². The molecular formula is C10H16FN5O2. The van der Waals surface area contributed by atoms with Crippen molar-refractivity contribution in [1.29, 1.82) is 0 Å². The Morgan fingerprint density at radius 1 is 1.50 bits per heavy atom. The Morgan fingerprint density at radius 2 is 2.28 bits per heavy atom. The van der Waals surface area contributed by atoms with E-state index in [-0.39, 0.29) is 19.0 Å². The molecule has 0 atom stereocenters. The molecule has 0 saturated heterocycles. The minimum Gasteiger partial charge on any atom is -0.448 e. The van der Waals surface area contributed by atoms with Gasteiger partial charge in [-0.2, -0.15) is 4.98 Å². The van der Waals surface area contributed by atoms with E-state index in [2.05, 4.69) is 25.3 Å². The molecule has 0 aliphatic heterocycles. The Labute approximate surface area is 104 Å². The minimum atomic E-state index is -0.870. The summed E-state index contributed by atoms with van der Waals surface area (Å²) >= 11 is 0. The van der Waals surface area contributed by atoms with Crippen molar-refractivity contribution in [2.45, 2.75) is 13.3 Å². The van der Waals surface area contributed by atoms with Crippen LogP contribution in [0.25, 0.3) is 0 Å². The summed E-state index contributed by atoms with van der Waals surface area (Å²) < 4.78 is 17.8. The minimum absolute atomic E-state index is 0.0382. The van der Waals surface area contributed by atoms with Crippen molar-refractivity contribution in [1.82, 2.24) is 9.97 Å². The van der Waals surface area contributed by atoms with Gasteiger partial charge in [-0.15, -0.1) is 0 Å². The van der Waals surface area contributed by atoms with Crippen LogP contribution in [0.5, 0.6) is 0 Å². The molecule has 1 amide bonds. The summed E-state index contributed by atoms with van der Waals surface area (Å²) in [7, 11) is 0. The van der Waals surface area contributed by atoms with Gasteiger partial charge in [-0.05, 0) is 6.42 Å². The summed E-state index contributed by atoms with van der Waals surface area (Å²) in [5, 5.41) is 5.62. The topological polar surface area (TPSA) is 102 Å². The number of aromatic nitrogens is 2. The molecule has 1 heterocycles.